The van der Waals surface area contributed by atoms with Gasteiger partial charge in [-0.15, -0.1) is 0 Å². The predicted octanol–water partition coefficient (Wildman–Crippen LogP) is 7.44. The smallest absolute Gasteiger partial charge is 0.184 e. The zero-order valence-corrected chi connectivity index (χ0v) is 20.2. The molecular formula is C29H33F3O3. The molecule has 35 heavy (non-hydrogen) atoms. The average molecular weight is 487 g/mol. The van der Waals surface area contributed by atoms with E-state index in [1.54, 1.807) is 12.1 Å². The molecule has 0 saturated carbocycles. The van der Waals surface area contributed by atoms with Crippen LogP contribution in [0.3, 0.4) is 0 Å². The fourth-order valence-electron chi connectivity index (χ4n) is 4.40. The zero-order valence-electron chi connectivity index (χ0n) is 20.2. The van der Waals surface area contributed by atoms with E-state index in [9.17, 15) is 8.78 Å². The van der Waals surface area contributed by atoms with Gasteiger partial charge in [0.05, 0.1) is 13.2 Å². The lowest BCUT2D eigenvalue weighted by Crippen LogP contribution is -2.33. The van der Waals surface area contributed by atoms with E-state index in [2.05, 4.69) is 6.92 Å². The summed E-state index contributed by atoms with van der Waals surface area (Å²) in [7, 11) is 0. The first kappa shape index (κ1) is 25.7. The molecule has 4 rings (SSSR count). The summed E-state index contributed by atoms with van der Waals surface area (Å²) in [6, 6.07) is 12.9. The van der Waals surface area contributed by atoms with Crippen molar-refractivity contribution in [3.8, 4) is 0 Å². The molecule has 3 aromatic carbocycles. The molecule has 188 valence electrons. The third kappa shape index (κ3) is 6.84. The van der Waals surface area contributed by atoms with Crippen molar-refractivity contribution < 1.29 is 27.4 Å². The van der Waals surface area contributed by atoms with E-state index in [-0.39, 0.29) is 11.9 Å². The first-order chi connectivity index (χ1) is 17.0. The fraction of sp³-hybridized carbons (Fsp3) is 0.448. The van der Waals surface area contributed by atoms with Crippen molar-refractivity contribution in [1.29, 1.82) is 0 Å². The summed E-state index contributed by atoms with van der Waals surface area (Å²) in [6.45, 7) is 3.86. The van der Waals surface area contributed by atoms with Crippen LogP contribution in [-0.2, 0) is 27.1 Å². The molecule has 1 aliphatic heterocycles. The predicted molar refractivity (Wildman–Crippen MR) is 131 cm³/mol. The molecular weight excluding hydrogens is 453 g/mol. The Bertz CT molecular complexity index is 1110. The molecule has 0 N–H and O–H groups in total. The van der Waals surface area contributed by atoms with Gasteiger partial charge in [0.15, 0.2) is 17.9 Å². The zero-order chi connectivity index (χ0) is 24.6. The second-order valence-corrected chi connectivity index (χ2v) is 9.17. The van der Waals surface area contributed by atoms with Gasteiger partial charge in [0.1, 0.15) is 11.9 Å². The molecule has 6 heteroatoms. The van der Waals surface area contributed by atoms with Gasteiger partial charge in [-0.05, 0) is 54.0 Å². The number of hydrogen-bond acceptors (Lipinski definition) is 3. The number of rotatable bonds is 11. The maximum absolute atomic E-state index is 15.1. The molecule has 0 bridgehead atoms. The minimum atomic E-state index is -0.888. The van der Waals surface area contributed by atoms with Crippen LogP contribution in [-0.4, -0.2) is 25.9 Å². The van der Waals surface area contributed by atoms with Crippen LogP contribution >= 0.6 is 0 Å². The molecule has 0 radical (unpaired) electrons. The molecule has 1 fully saturated rings. The molecule has 0 spiro atoms. The van der Waals surface area contributed by atoms with Crippen LogP contribution in [0.5, 0.6) is 0 Å². The fourth-order valence-corrected chi connectivity index (χ4v) is 4.40. The quantitative estimate of drug-likeness (QED) is 0.264. The Hall–Kier alpha value is -2.41. The van der Waals surface area contributed by atoms with Crippen LogP contribution in [0.15, 0.2) is 48.5 Å². The van der Waals surface area contributed by atoms with Crippen molar-refractivity contribution in [3.63, 3.8) is 0 Å². The van der Waals surface area contributed by atoms with Crippen molar-refractivity contribution in [2.75, 3.05) is 19.8 Å². The highest BCUT2D eigenvalue weighted by Gasteiger charge is 2.24. The molecule has 0 atom stereocenters. The lowest BCUT2D eigenvalue weighted by molar-refractivity contribution is -0.230. The van der Waals surface area contributed by atoms with E-state index in [1.165, 1.54) is 31.7 Å². The Morgan fingerprint density at radius 1 is 0.829 bits per heavy atom. The van der Waals surface area contributed by atoms with Gasteiger partial charge in [-0.25, -0.2) is 13.2 Å². The number of ether oxygens (including phenoxy) is 3. The maximum atomic E-state index is 15.1. The molecule has 3 nitrogen and oxygen atoms in total. The normalized spacial score (nSPS) is 18.3. The van der Waals surface area contributed by atoms with E-state index in [1.807, 2.05) is 18.2 Å². The Morgan fingerprint density at radius 3 is 2.40 bits per heavy atom. The maximum Gasteiger partial charge on any atom is 0.184 e. The third-order valence-electron chi connectivity index (χ3n) is 6.47. The lowest BCUT2D eigenvalue weighted by atomic mass is 9.99. The minimum absolute atomic E-state index is 0.0625. The van der Waals surface area contributed by atoms with E-state index >= 15 is 4.39 Å². The lowest BCUT2D eigenvalue weighted by Gasteiger charge is -2.29. The van der Waals surface area contributed by atoms with Crippen LogP contribution < -0.4 is 0 Å². The molecule has 1 aliphatic rings. The molecule has 0 aliphatic carbocycles. The van der Waals surface area contributed by atoms with Crippen molar-refractivity contribution in [2.24, 2.45) is 0 Å². The second-order valence-electron chi connectivity index (χ2n) is 9.17. The summed E-state index contributed by atoms with van der Waals surface area (Å²) >= 11 is 0. The van der Waals surface area contributed by atoms with E-state index < -0.39 is 17.9 Å². The number of halogens is 3. The SMILES string of the molecule is CCCCCCCOC1COC(c2ccc3c(F)c(CCc4ccc(F)c(F)c4)ccc3c2)OC1. The van der Waals surface area contributed by atoms with Crippen LogP contribution in [0, 0.1) is 17.5 Å². The monoisotopic (exact) mass is 486 g/mol. The van der Waals surface area contributed by atoms with Crippen molar-refractivity contribution in [2.45, 2.75) is 64.3 Å². The van der Waals surface area contributed by atoms with E-state index in [0.717, 1.165) is 36.1 Å². The molecule has 1 saturated heterocycles. The van der Waals surface area contributed by atoms with Crippen LogP contribution in [0.4, 0.5) is 13.2 Å². The summed E-state index contributed by atoms with van der Waals surface area (Å²) in [5.41, 5.74) is 2.00. The first-order valence-electron chi connectivity index (χ1n) is 12.5. The number of unbranched alkanes of at least 4 members (excludes halogenated alkanes) is 4. The van der Waals surface area contributed by atoms with Gasteiger partial charge in [-0.2, -0.15) is 0 Å². The molecule has 0 unspecified atom stereocenters. The summed E-state index contributed by atoms with van der Waals surface area (Å²) in [5, 5.41) is 1.27. The van der Waals surface area contributed by atoms with Gasteiger partial charge >= 0.3 is 0 Å². The van der Waals surface area contributed by atoms with Crippen molar-refractivity contribution in [1.82, 2.24) is 0 Å². The van der Waals surface area contributed by atoms with Gasteiger partial charge < -0.3 is 14.2 Å². The Labute approximate surface area is 205 Å². The summed E-state index contributed by atoms with van der Waals surface area (Å²) in [6.07, 6.45) is 6.24. The summed E-state index contributed by atoms with van der Waals surface area (Å²) < 4.78 is 59.3. The Kier molecular flexibility index (Phi) is 9.18. The van der Waals surface area contributed by atoms with Gasteiger partial charge in [0, 0.05) is 17.6 Å². The number of hydrogen-bond donors (Lipinski definition) is 0. The highest BCUT2D eigenvalue weighted by molar-refractivity contribution is 5.84. The van der Waals surface area contributed by atoms with E-state index in [0.29, 0.717) is 42.6 Å². The number of benzene rings is 3. The highest BCUT2D eigenvalue weighted by Crippen LogP contribution is 2.29. The average Bonchev–Trinajstić information content (AvgIpc) is 2.88. The van der Waals surface area contributed by atoms with Gasteiger partial charge in [-0.1, -0.05) is 62.9 Å². The number of aryl methyl sites for hydroxylation is 2. The van der Waals surface area contributed by atoms with E-state index in [4.69, 9.17) is 14.2 Å². The van der Waals surface area contributed by atoms with Crippen LogP contribution in [0.1, 0.15) is 62.0 Å². The first-order valence-corrected chi connectivity index (χ1v) is 12.5. The van der Waals surface area contributed by atoms with Gasteiger partial charge in [0.2, 0.25) is 0 Å². The number of fused-ring (bicyclic) bond motifs is 1. The largest absolute Gasteiger partial charge is 0.373 e. The molecule has 0 amide bonds. The standard InChI is InChI=1S/C29H33F3O3/c1-2-3-4-5-6-15-33-24-18-34-29(35-19-24)23-12-13-25-22(17-23)11-10-21(28(25)32)9-7-20-8-14-26(30)27(31)16-20/h8,10-14,16-17,24,29H,2-7,9,15,18-19H2,1H3. The topological polar surface area (TPSA) is 27.7 Å². The van der Waals surface area contributed by atoms with Gasteiger partial charge in [-0.3, -0.25) is 0 Å². The summed E-state index contributed by atoms with van der Waals surface area (Å²) in [4.78, 5) is 0. The summed E-state index contributed by atoms with van der Waals surface area (Å²) in [5.74, 6) is -2.07. The highest BCUT2D eigenvalue weighted by atomic mass is 19.2. The Balaban J connectivity index is 1.31. The van der Waals surface area contributed by atoms with Crippen molar-refractivity contribution >= 4 is 10.8 Å². The second kappa shape index (κ2) is 12.5. The minimum Gasteiger partial charge on any atom is -0.373 e. The molecule has 0 aromatic heterocycles. The van der Waals surface area contributed by atoms with Crippen LogP contribution in [0.2, 0.25) is 0 Å². The van der Waals surface area contributed by atoms with Crippen molar-refractivity contribution in [3.05, 3.63) is 82.7 Å². The Morgan fingerprint density at radius 2 is 1.63 bits per heavy atom. The molecule has 1 heterocycles. The van der Waals surface area contributed by atoms with Crippen LogP contribution in [0.25, 0.3) is 10.8 Å². The third-order valence-corrected chi connectivity index (χ3v) is 6.47. The molecule has 3 aromatic rings. The van der Waals surface area contributed by atoms with Gasteiger partial charge in [0.25, 0.3) is 0 Å².